The molecule has 1 aromatic heterocycles. The Kier molecular flexibility index (Phi) is 5.10. The topological polar surface area (TPSA) is 92.3 Å². The first-order valence-corrected chi connectivity index (χ1v) is 9.63. The zero-order chi connectivity index (χ0) is 19.7. The van der Waals surface area contributed by atoms with Crippen LogP contribution in [0.4, 0.5) is 0 Å². The molecule has 0 fully saturated rings. The Bertz CT molecular complexity index is 1020. The van der Waals surface area contributed by atoms with E-state index in [-0.39, 0.29) is 18.3 Å². The smallest absolute Gasteiger partial charge is 0.231 e. The molecule has 0 bridgehead atoms. The van der Waals surface area contributed by atoms with Gasteiger partial charge in [0.2, 0.25) is 13.3 Å². The van der Waals surface area contributed by atoms with Gasteiger partial charge in [-0.1, -0.05) is 29.4 Å². The molecule has 0 N–H and O–H groups in total. The second kappa shape index (κ2) is 7.69. The Hall–Kier alpha value is -2.78. The normalized spacial score (nSPS) is 13.5. The predicted octanol–water partition coefficient (Wildman–Crippen LogP) is 4.07. The van der Waals surface area contributed by atoms with Crippen LogP contribution in [0.1, 0.15) is 16.6 Å². The first-order chi connectivity index (χ1) is 13.5. The van der Waals surface area contributed by atoms with Gasteiger partial charge in [-0.05, 0) is 48.9 Å². The molecular weight excluding hydrogens is 404 g/mol. The first kappa shape index (κ1) is 18.6. The van der Waals surface area contributed by atoms with Crippen molar-refractivity contribution in [2.75, 3.05) is 13.3 Å². The van der Waals surface area contributed by atoms with E-state index in [1.807, 2.05) is 29.7 Å². The van der Waals surface area contributed by atoms with Crippen LogP contribution < -0.4 is 9.47 Å². The monoisotopic (exact) mass is 418 g/mol. The van der Waals surface area contributed by atoms with E-state index in [9.17, 15) is 10.1 Å². The summed E-state index contributed by atoms with van der Waals surface area (Å²) in [5.74, 6) is 1.89. The van der Waals surface area contributed by atoms with Crippen LogP contribution in [-0.2, 0) is 0 Å². The van der Waals surface area contributed by atoms with E-state index in [1.54, 1.807) is 24.3 Å². The fourth-order valence-corrected chi connectivity index (χ4v) is 4.18. The molecule has 1 atom stereocenters. The Morgan fingerprint density at radius 3 is 2.71 bits per heavy atom. The quantitative estimate of drug-likeness (QED) is 0.338. The van der Waals surface area contributed by atoms with E-state index in [0.29, 0.717) is 27.5 Å². The zero-order valence-electron chi connectivity index (χ0n) is 14.7. The van der Waals surface area contributed by atoms with Gasteiger partial charge in [-0.3, -0.25) is 14.7 Å². The van der Waals surface area contributed by atoms with Gasteiger partial charge in [0.25, 0.3) is 0 Å². The molecule has 0 aliphatic carbocycles. The summed E-state index contributed by atoms with van der Waals surface area (Å²) in [4.78, 5) is 10.9. The zero-order valence-corrected chi connectivity index (χ0v) is 16.3. The molecule has 2 aromatic carbocycles. The standard InChI is InChI=1S/C18H15ClN4O4S/c1-11-20-21-18(23(11)14-5-3-13(19)4-6-14)28-17(9-22(24)25)12-2-7-15-16(8-12)27-10-26-15/h2-8,17H,9-10H2,1H3/t17-/m1/s1. The molecule has 0 saturated carbocycles. The number of hydrogen-bond acceptors (Lipinski definition) is 7. The number of aryl methyl sites for hydroxylation is 1. The molecule has 2 heterocycles. The van der Waals surface area contributed by atoms with Crippen molar-refractivity contribution in [2.45, 2.75) is 17.3 Å². The number of halogens is 1. The number of rotatable bonds is 6. The number of nitrogens with zero attached hydrogens (tertiary/aromatic N) is 4. The van der Waals surface area contributed by atoms with Crippen LogP contribution in [0, 0.1) is 17.0 Å². The fraction of sp³-hybridized carbons (Fsp3) is 0.222. The molecule has 0 radical (unpaired) electrons. The lowest BCUT2D eigenvalue weighted by atomic mass is 10.1. The van der Waals surface area contributed by atoms with E-state index in [2.05, 4.69) is 10.2 Å². The molecule has 0 saturated heterocycles. The van der Waals surface area contributed by atoms with E-state index in [1.165, 1.54) is 11.8 Å². The summed E-state index contributed by atoms with van der Waals surface area (Å²) in [6.45, 7) is 1.71. The molecule has 8 nitrogen and oxygen atoms in total. The van der Waals surface area contributed by atoms with Crippen LogP contribution >= 0.6 is 23.4 Å². The highest BCUT2D eigenvalue weighted by Crippen LogP contribution is 2.40. The molecule has 4 rings (SSSR count). The van der Waals surface area contributed by atoms with Crippen molar-refractivity contribution in [3.05, 3.63) is 69.0 Å². The Morgan fingerprint density at radius 1 is 1.21 bits per heavy atom. The van der Waals surface area contributed by atoms with Gasteiger partial charge >= 0.3 is 0 Å². The molecule has 1 aliphatic rings. The SMILES string of the molecule is Cc1nnc(S[C@H](C[N+](=O)[O-])c2ccc3c(c2)OCO3)n1-c1ccc(Cl)cc1. The highest BCUT2D eigenvalue weighted by molar-refractivity contribution is 7.99. The molecule has 0 unspecified atom stereocenters. The minimum absolute atomic E-state index is 0.149. The number of hydrogen-bond donors (Lipinski definition) is 0. The van der Waals surface area contributed by atoms with Gasteiger partial charge in [-0.2, -0.15) is 0 Å². The van der Waals surface area contributed by atoms with Crippen LogP contribution in [0.5, 0.6) is 11.5 Å². The van der Waals surface area contributed by atoms with Crippen LogP contribution in [0.15, 0.2) is 47.6 Å². The van der Waals surface area contributed by atoms with Crippen LogP contribution in [0.25, 0.3) is 5.69 Å². The summed E-state index contributed by atoms with van der Waals surface area (Å²) in [5, 5.41) is 20.4. The largest absolute Gasteiger partial charge is 0.454 e. The van der Waals surface area contributed by atoms with Crippen molar-refractivity contribution in [3.63, 3.8) is 0 Å². The molecule has 10 heteroatoms. The molecule has 0 amide bonds. The summed E-state index contributed by atoms with van der Waals surface area (Å²) >= 11 is 7.26. The predicted molar refractivity (Wildman–Crippen MR) is 104 cm³/mol. The minimum atomic E-state index is -0.473. The summed E-state index contributed by atoms with van der Waals surface area (Å²) in [7, 11) is 0. The summed E-state index contributed by atoms with van der Waals surface area (Å²) in [5.41, 5.74) is 1.59. The van der Waals surface area contributed by atoms with Gasteiger partial charge in [0.05, 0.1) is 0 Å². The third-order valence-corrected chi connectivity index (χ3v) is 5.64. The minimum Gasteiger partial charge on any atom is -0.454 e. The number of fused-ring (bicyclic) bond motifs is 1. The van der Waals surface area contributed by atoms with Gasteiger partial charge in [0.15, 0.2) is 16.7 Å². The lowest BCUT2D eigenvalue weighted by Crippen LogP contribution is -2.11. The highest BCUT2D eigenvalue weighted by atomic mass is 35.5. The second-order valence-corrected chi connectivity index (χ2v) is 7.68. The lowest BCUT2D eigenvalue weighted by Gasteiger charge is -2.14. The Labute approximate surface area is 169 Å². The summed E-state index contributed by atoms with van der Waals surface area (Å²) in [6, 6.07) is 12.6. The molecule has 3 aromatic rings. The number of nitro groups is 1. The molecule has 144 valence electrons. The Morgan fingerprint density at radius 2 is 1.96 bits per heavy atom. The highest BCUT2D eigenvalue weighted by Gasteiger charge is 2.26. The summed E-state index contributed by atoms with van der Waals surface area (Å²) in [6.07, 6.45) is 0. The van der Waals surface area contributed by atoms with E-state index in [4.69, 9.17) is 21.1 Å². The number of benzene rings is 2. The maximum Gasteiger partial charge on any atom is 0.231 e. The van der Waals surface area contributed by atoms with Crippen LogP contribution in [0.3, 0.4) is 0 Å². The van der Waals surface area contributed by atoms with Crippen LogP contribution in [-0.4, -0.2) is 33.0 Å². The third kappa shape index (κ3) is 3.76. The first-order valence-electron chi connectivity index (χ1n) is 8.37. The van der Waals surface area contributed by atoms with Gasteiger partial charge in [0, 0.05) is 15.6 Å². The van der Waals surface area contributed by atoms with Crippen molar-refractivity contribution in [1.82, 2.24) is 14.8 Å². The van der Waals surface area contributed by atoms with Crippen molar-refractivity contribution in [2.24, 2.45) is 0 Å². The fourth-order valence-electron chi connectivity index (χ4n) is 2.89. The van der Waals surface area contributed by atoms with Crippen molar-refractivity contribution in [1.29, 1.82) is 0 Å². The van der Waals surface area contributed by atoms with E-state index >= 15 is 0 Å². The lowest BCUT2D eigenvalue weighted by molar-refractivity contribution is -0.479. The van der Waals surface area contributed by atoms with Crippen molar-refractivity contribution >= 4 is 23.4 Å². The van der Waals surface area contributed by atoms with Gasteiger partial charge in [0.1, 0.15) is 11.1 Å². The molecular formula is C18H15ClN4O4S. The Balaban J connectivity index is 1.68. The summed E-state index contributed by atoms with van der Waals surface area (Å²) < 4.78 is 12.6. The molecule has 1 aliphatic heterocycles. The van der Waals surface area contributed by atoms with Crippen molar-refractivity contribution in [3.8, 4) is 17.2 Å². The van der Waals surface area contributed by atoms with Gasteiger partial charge < -0.3 is 9.47 Å². The maximum atomic E-state index is 11.3. The molecule has 28 heavy (non-hydrogen) atoms. The number of aromatic nitrogens is 3. The van der Waals surface area contributed by atoms with Gasteiger partial charge in [-0.15, -0.1) is 10.2 Å². The average Bonchev–Trinajstić information content (AvgIpc) is 3.27. The maximum absolute atomic E-state index is 11.3. The van der Waals surface area contributed by atoms with E-state index < -0.39 is 5.25 Å². The van der Waals surface area contributed by atoms with E-state index in [0.717, 1.165) is 11.3 Å². The van der Waals surface area contributed by atoms with Crippen molar-refractivity contribution < 1.29 is 14.4 Å². The average molecular weight is 419 g/mol. The number of thioether (sulfide) groups is 1. The van der Waals surface area contributed by atoms with Crippen LogP contribution in [0.2, 0.25) is 5.02 Å². The third-order valence-electron chi connectivity index (χ3n) is 4.21. The second-order valence-electron chi connectivity index (χ2n) is 6.08. The van der Waals surface area contributed by atoms with Gasteiger partial charge in [-0.25, -0.2) is 0 Å². The molecule has 0 spiro atoms. The number of ether oxygens (including phenoxy) is 2.